The molecule has 0 unspecified atom stereocenters. The molecule has 0 N–H and O–H groups in total. The van der Waals surface area contributed by atoms with Crippen LogP contribution in [0.3, 0.4) is 0 Å². The lowest BCUT2D eigenvalue weighted by molar-refractivity contribution is -0.152. The molecule has 0 bridgehead atoms. The van der Waals surface area contributed by atoms with E-state index in [9.17, 15) is 18.0 Å². The van der Waals surface area contributed by atoms with Crippen molar-refractivity contribution in [3.63, 3.8) is 0 Å². The standard InChI is InChI=1S/C13H10ClF3O3/c14-4-1-5-19-8-2-3-9-10(18)7-12(13(15,16)17)20-11(9)6-8/h2-3,6-7H,1,4-5H2. The number of fused-ring (bicyclic) bond motifs is 1. The van der Waals surface area contributed by atoms with E-state index in [4.69, 9.17) is 20.8 Å². The molecule has 1 aromatic carbocycles. The fourth-order valence-electron chi connectivity index (χ4n) is 1.61. The summed E-state index contributed by atoms with van der Waals surface area (Å²) in [6, 6.07) is 4.58. The van der Waals surface area contributed by atoms with E-state index in [2.05, 4.69) is 0 Å². The summed E-state index contributed by atoms with van der Waals surface area (Å²) in [7, 11) is 0. The monoisotopic (exact) mass is 306 g/mol. The molecule has 0 aliphatic carbocycles. The average molecular weight is 307 g/mol. The van der Waals surface area contributed by atoms with Gasteiger partial charge in [0.25, 0.3) is 0 Å². The highest BCUT2D eigenvalue weighted by molar-refractivity contribution is 6.17. The van der Waals surface area contributed by atoms with Crippen molar-refractivity contribution in [1.82, 2.24) is 0 Å². The normalized spacial score (nSPS) is 11.8. The third-order valence-corrected chi connectivity index (χ3v) is 2.79. The molecule has 108 valence electrons. The zero-order valence-electron chi connectivity index (χ0n) is 10.2. The van der Waals surface area contributed by atoms with Crippen LogP contribution in [0.5, 0.6) is 5.75 Å². The van der Waals surface area contributed by atoms with Gasteiger partial charge in [-0.3, -0.25) is 4.79 Å². The Bertz CT molecular complexity index is 664. The molecule has 0 aliphatic heterocycles. The molecule has 7 heteroatoms. The lowest BCUT2D eigenvalue weighted by Crippen LogP contribution is -2.11. The molecule has 3 nitrogen and oxygen atoms in total. The molecule has 20 heavy (non-hydrogen) atoms. The van der Waals surface area contributed by atoms with Crippen LogP contribution in [0.15, 0.2) is 33.5 Å². The van der Waals surface area contributed by atoms with E-state index in [-0.39, 0.29) is 11.0 Å². The van der Waals surface area contributed by atoms with Crippen LogP contribution >= 0.6 is 11.6 Å². The second kappa shape index (κ2) is 5.75. The molecule has 0 atom stereocenters. The molecular weight excluding hydrogens is 297 g/mol. The Morgan fingerprint density at radius 3 is 2.65 bits per heavy atom. The van der Waals surface area contributed by atoms with Crippen LogP contribution in [0.25, 0.3) is 11.0 Å². The van der Waals surface area contributed by atoms with Gasteiger partial charge in [-0.05, 0) is 18.6 Å². The Balaban J connectivity index is 2.42. The summed E-state index contributed by atoms with van der Waals surface area (Å²) < 4.78 is 47.7. The summed E-state index contributed by atoms with van der Waals surface area (Å²) in [6.45, 7) is 0.332. The summed E-state index contributed by atoms with van der Waals surface area (Å²) >= 11 is 5.49. The Morgan fingerprint density at radius 1 is 1.25 bits per heavy atom. The van der Waals surface area contributed by atoms with Gasteiger partial charge in [0.2, 0.25) is 5.76 Å². The molecule has 2 rings (SSSR count). The molecular formula is C13H10ClF3O3. The van der Waals surface area contributed by atoms with Crippen molar-refractivity contribution in [3.05, 3.63) is 40.2 Å². The van der Waals surface area contributed by atoms with Crippen molar-refractivity contribution >= 4 is 22.6 Å². The SMILES string of the molecule is O=c1cc(C(F)(F)F)oc2cc(OCCCCl)ccc12. The van der Waals surface area contributed by atoms with Gasteiger partial charge in [-0.1, -0.05) is 0 Å². The first kappa shape index (κ1) is 14.7. The first-order chi connectivity index (χ1) is 9.41. The summed E-state index contributed by atoms with van der Waals surface area (Å²) in [5.41, 5.74) is -0.904. The van der Waals surface area contributed by atoms with Crippen LogP contribution in [0.1, 0.15) is 12.2 Å². The zero-order valence-corrected chi connectivity index (χ0v) is 10.9. The smallest absolute Gasteiger partial charge is 0.449 e. The van der Waals surface area contributed by atoms with Crippen molar-refractivity contribution in [2.45, 2.75) is 12.6 Å². The van der Waals surface area contributed by atoms with Gasteiger partial charge in [-0.2, -0.15) is 13.2 Å². The molecule has 0 amide bonds. The third kappa shape index (κ3) is 3.25. The zero-order chi connectivity index (χ0) is 14.8. The third-order valence-electron chi connectivity index (χ3n) is 2.53. The summed E-state index contributed by atoms with van der Waals surface area (Å²) in [5.74, 6) is -0.584. The number of hydrogen-bond donors (Lipinski definition) is 0. The summed E-state index contributed by atoms with van der Waals surface area (Å²) in [5, 5.41) is 0.0719. The first-order valence-electron chi connectivity index (χ1n) is 5.75. The first-order valence-corrected chi connectivity index (χ1v) is 6.29. The van der Waals surface area contributed by atoms with Gasteiger partial charge in [-0.15, -0.1) is 11.6 Å². The number of alkyl halides is 4. The predicted molar refractivity (Wildman–Crippen MR) is 68.3 cm³/mol. The van der Waals surface area contributed by atoms with Crippen LogP contribution in [0.2, 0.25) is 0 Å². The van der Waals surface area contributed by atoms with Crippen LogP contribution < -0.4 is 10.2 Å². The minimum absolute atomic E-state index is 0.0719. The lowest BCUT2D eigenvalue weighted by Gasteiger charge is -2.08. The van der Waals surface area contributed by atoms with Crippen LogP contribution in [-0.4, -0.2) is 12.5 Å². The highest BCUT2D eigenvalue weighted by atomic mass is 35.5. The molecule has 0 spiro atoms. The number of halogens is 4. The van der Waals surface area contributed by atoms with E-state index in [1.807, 2.05) is 0 Å². The second-order valence-electron chi connectivity index (χ2n) is 4.02. The van der Waals surface area contributed by atoms with Crippen molar-refractivity contribution in [3.8, 4) is 5.75 Å². The predicted octanol–water partition coefficient (Wildman–Crippen LogP) is 3.82. The maximum absolute atomic E-state index is 12.6. The molecule has 1 aromatic heterocycles. The highest BCUT2D eigenvalue weighted by Crippen LogP contribution is 2.30. The molecule has 0 saturated heterocycles. The van der Waals surface area contributed by atoms with Gasteiger partial charge in [0.1, 0.15) is 11.3 Å². The number of benzene rings is 1. The second-order valence-corrected chi connectivity index (χ2v) is 4.40. The maximum Gasteiger partial charge on any atom is 0.449 e. The van der Waals surface area contributed by atoms with E-state index >= 15 is 0 Å². The van der Waals surface area contributed by atoms with E-state index in [0.29, 0.717) is 30.7 Å². The molecule has 0 aliphatic rings. The summed E-state index contributed by atoms with van der Waals surface area (Å²) in [4.78, 5) is 11.6. The van der Waals surface area contributed by atoms with E-state index in [1.54, 1.807) is 0 Å². The van der Waals surface area contributed by atoms with Gasteiger partial charge in [-0.25, -0.2) is 0 Å². The van der Waals surface area contributed by atoms with Crippen molar-refractivity contribution < 1.29 is 22.3 Å². The molecule has 1 heterocycles. The highest BCUT2D eigenvalue weighted by Gasteiger charge is 2.34. The van der Waals surface area contributed by atoms with Gasteiger partial charge >= 0.3 is 6.18 Å². The Hall–Kier alpha value is -1.69. The van der Waals surface area contributed by atoms with Gasteiger partial charge < -0.3 is 9.15 Å². The van der Waals surface area contributed by atoms with Crippen molar-refractivity contribution in [2.24, 2.45) is 0 Å². The Labute approximate surface area is 116 Å². The van der Waals surface area contributed by atoms with E-state index < -0.39 is 17.4 Å². The fourth-order valence-corrected chi connectivity index (χ4v) is 1.72. The minimum Gasteiger partial charge on any atom is -0.493 e. The molecule has 0 saturated carbocycles. The quantitative estimate of drug-likeness (QED) is 0.637. The molecule has 0 radical (unpaired) electrons. The average Bonchev–Trinajstić information content (AvgIpc) is 2.37. The van der Waals surface area contributed by atoms with Gasteiger partial charge in [0.05, 0.1) is 12.0 Å². The Kier molecular flexibility index (Phi) is 4.23. The minimum atomic E-state index is -4.71. The van der Waals surface area contributed by atoms with Gasteiger partial charge in [0, 0.05) is 18.0 Å². The number of rotatable bonds is 4. The molecule has 2 aromatic rings. The van der Waals surface area contributed by atoms with Crippen molar-refractivity contribution in [2.75, 3.05) is 12.5 Å². The van der Waals surface area contributed by atoms with E-state index in [0.717, 1.165) is 0 Å². The van der Waals surface area contributed by atoms with Crippen LogP contribution in [-0.2, 0) is 6.18 Å². The van der Waals surface area contributed by atoms with Gasteiger partial charge in [0.15, 0.2) is 5.43 Å². The van der Waals surface area contributed by atoms with Crippen molar-refractivity contribution in [1.29, 1.82) is 0 Å². The van der Waals surface area contributed by atoms with Crippen LogP contribution in [0, 0.1) is 0 Å². The number of ether oxygens (including phenoxy) is 1. The van der Waals surface area contributed by atoms with E-state index in [1.165, 1.54) is 18.2 Å². The maximum atomic E-state index is 12.6. The summed E-state index contributed by atoms with van der Waals surface area (Å²) in [6.07, 6.45) is -4.10. The largest absolute Gasteiger partial charge is 0.493 e. The lowest BCUT2D eigenvalue weighted by atomic mass is 10.2. The van der Waals surface area contributed by atoms with Crippen LogP contribution in [0.4, 0.5) is 13.2 Å². The Morgan fingerprint density at radius 2 is 2.00 bits per heavy atom. The number of hydrogen-bond acceptors (Lipinski definition) is 3. The fraction of sp³-hybridized carbons (Fsp3) is 0.308. The molecule has 0 fully saturated rings. The topological polar surface area (TPSA) is 39.4 Å².